The van der Waals surface area contributed by atoms with E-state index in [9.17, 15) is 4.79 Å². The topological polar surface area (TPSA) is 78.3 Å². The van der Waals surface area contributed by atoms with Crippen LogP contribution in [0.5, 0.6) is 11.5 Å². The number of carbonyl (C=O) groups excluding carboxylic acids is 1. The van der Waals surface area contributed by atoms with E-state index >= 15 is 0 Å². The van der Waals surface area contributed by atoms with E-state index in [1.165, 1.54) is 0 Å². The third-order valence-corrected chi connectivity index (χ3v) is 7.07. The molecule has 0 fully saturated rings. The number of benzene rings is 3. The van der Waals surface area contributed by atoms with E-state index in [2.05, 4.69) is 15.5 Å². The molecule has 192 valence electrons. The van der Waals surface area contributed by atoms with Crippen molar-refractivity contribution in [1.82, 2.24) is 20.1 Å². The van der Waals surface area contributed by atoms with Crippen molar-refractivity contribution >= 4 is 29.3 Å². The summed E-state index contributed by atoms with van der Waals surface area (Å²) in [6.45, 7) is 0.561. The molecule has 9 heteroatoms. The Labute approximate surface area is 226 Å². The first kappa shape index (κ1) is 26.6. The van der Waals surface area contributed by atoms with E-state index in [0.717, 1.165) is 34.1 Å². The van der Waals surface area contributed by atoms with Crippen molar-refractivity contribution in [2.45, 2.75) is 24.4 Å². The molecule has 0 unspecified atom stereocenters. The molecule has 37 heavy (non-hydrogen) atoms. The Morgan fingerprint density at radius 1 is 0.973 bits per heavy atom. The molecule has 0 radical (unpaired) electrons. The van der Waals surface area contributed by atoms with Gasteiger partial charge in [0.15, 0.2) is 22.5 Å². The third-order valence-electron chi connectivity index (χ3n) is 5.73. The van der Waals surface area contributed by atoms with Crippen molar-refractivity contribution in [3.05, 3.63) is 83.4 Å². The lowest BCUT2D eigenvalue weighted by Crippen LogP contribution is -2.25. The van der Waals surface area contributed by atoms with Gasteiger partial charge in [0.05, 0.1) is 19.2 Å². The molecule has 1 amide bonds. The van der Waals surface area contributed by atoms with Crippen molar-refractivity contribution < 1.29 is 14.3 Å². The van der Waals surface area contributed by atoms with Gasteiger partial charge < -0.3 is 14.8 Å². The number of ether oxygens (including phenoxy) is 2. The molecule has 0 atom stereocenters. The smallest absolute Gasteiger partial charge is 0.220 e. The molecule has 1 N–H and O–H groups in total. The molecule has 0 saturated carbocycles. The van der Waals surface area contributed by atoms with Crippen LogP contribution in [0.4, 0.5) is 0 Å². The van der Waals surface area contributed by atoms with Gasteiger partial charge in [-0.05, 0) is 54.8 Å². The van der Waals surface area contributed by atoms with Crippen molar-refractivity contribution in [2.75, 3.05) is 26.5 Å². The normalized spacial score (nSPS) is 10.8. The fourth-order valence-electron chi connectivity index (χ4n) is 3.86. The Morgan fingerprint density at radius 2 is 1.73 bits per heavy atom. The first-order chi connectivity index (χ1) is 18.1. The van der Waals surface area contributed by atoms with Crippen LogP contribution in [0.25, 0.3) is 17.1 Å². The lowest BCUT2D eigenvalue weighted by atomic mass is 10.1. The van der Waals surface area contributed by atoms with Gasteiger partial charge in [-0.25, -0.2) is 0 Å². The second kappa shape index (κ2) is 13.2. The Kier molecular flexibility index (Phi) is 9.46. The van der Waals surface area contributed by atoms with Crippen LogP contribution in [0.3, 0.4) is 0 Å². The lowest BCUT2D eigenvalue weighted by Gasteiger charge is -2.11. The molecule has 0 aliphatic rings. The highest BCUT2D eigenvalue weighted by Crippen LogP contribution is 2.32. The lowest BCUT2D eigenvalue weighted by molar-refractivity contribution is -0.121. The average Bonchev–Trinajstić information content (AvgIpc) is 3.35. The highest BCUT2D eigenvalue weighted by molar-refractivity contribution is 7.99. The SMILES string of the molecule is COc1ccc(CCNC(=O)CCCSc2nnc(-c3ccccc3Cl)n2-c2ccccc2)cc1OC. The van der Waals surface area contributed by atoms with E-state index < -0.39 is 0 Å². The fraction of sp³-hybridized carbons (Fsp3) is 0.250. The molecule has 1 heterocycles. The molecule has 0 bridgehead atoms. The number of hydrogen-bond donors (Lipinski definition) is 1. The van der Waals surface area contributed by atoms with Gasteiger partial charge in [0.25, 0.3) is 0 Å². The number of thioether (sulfide) groups is 1. The van der Waals surface area contributed by atoms with E-state index in [1.54, 1.807) is 26.0 Å². The van der Waals surface area contributed by atoms with Crippen molar-refractivity contribution in [3.63, 3.8) is 0 Å². The minimum atomic E-state index is 0.0300. The minimum absolute atomic E-state index is 0.0300. The van der Waals surface area contributed by atoms with Gasteiger partial charge in [-0.1, -0.05) is 59.8 Å². The van der Waals surface area contributed by atoms with Crippen LogP contribution in [-0.2, 0) is 11.2 Å². The number of halogens is 1. The van der Waals surface area contributed by atoms with Gasteiger partial charge in [-0.2, -0.15) is 0 Å². The fourth-order valence-corrected chi connectivity index (χ4v) is 4.97. The summed E-state index contributed by atoms with van der Waals surface area (Å²) in [7, 11) is 3.22. The van der Waals surface area contributed by atoms with Gasteiger partial charge in [-0.3, -0.25) is 9.36 Å². The maximum absolute atomic E-state index is 12.4. The van der Waals surface area contributed by atoms with Crippen molar-refractivity contribution in [2.24, 2.45) is 0 Å². The van der Waals surface area contributed by atoms with Gasteiger partial charge in [0, 0.05) is 30.0 Å². The molecule has 4 rings (SSSR count). The number of amides is 1. The van der Waals surface area contributed by atoms with Crippen LogP contribution in [0.15, 0.2) is 78.0 Å². The quantitative estimate of drug-likeness (QED) is 0.181. The summed E-state index contributed by atoms with van der Waals surface area (Å²) in [5.74, 6) is 2.82. The molecular formula is C28H29ClN4O3S. The predicted octanol–water partition coefficient (Wildman–Crippen LogP) is 5.84. The Balaban J connectivity index is 1.31. The molecule has 7 nitrogen and oxygen atoms in total. The Bertz CT molecular complexity index is 1330. The van der Waals surface area contributed by atoms with Gasteiger partial charge >= 0.3 is 0 Å². The Morgan fingerprint density at radius 3 is 2.49 bits per heavy atom. The maximum Gasteiger partial charge on any atom is 0.220 e. The zero-order valence-corrected chi connectivity index (χ0v) is 22.4. The number of aromatic nitrogens is 3. The first-order valence-corrected chi connectivity index (χ1v) is 13.3. The number of para-hydroxylation sites is 1. The standard InChI is InChI=1S/C28H29ClN4O3S/c1-35-24-15-14-20(19-25(24)36-2)16-17-30-26(34)13-8-18-37-28-32-31-27(22-11-6-7-12-23(22)29)33(28)21-9-4-3-5-10-21/h3-7,9-12,14-15,19H,8,13,16-18H2,1-2H3,(H,30,34). The number of nitrogens with one attached hydrogen (secondary N) is 1. The number of methoxy groups -OCH3 is 2. The zero-order valence-electron chi connectivity index (χ0n) is 20.8. The zero-order chi connectivity index (χ0) is 26.0. The first-order valence-electron chi connectivity index (χ1n) is 12.0. The summed E-state index contributed by atoms with van der Waals surface area (Å²) in [6, 6.07) is 23.3. The second-order valence-corrected chi connectivity index (χ2v) is 9.67. The number of carbonyl (C=O) groups is 1. The van der Waals surface area contributed by atoms with E-state index in [0.29, 0.717) is 41.7 Å². The van der Waals surface area contributed by atoms with Crippen molar-refractivity contribution in [1.29, 1.82) is 0 Å². The molecule has 0 aliphatic carbocycles. The molecule has 0 spiro atoms. The summed E-state index contributed by atoms with van der Waals surface area (Å²) >= 11 is 8.03. The largest absolute Gasteiger partial charge is 0.493 e. The third kappa shape index (κ3) is 6.84. The molecule has 0 aliphatic heterocycles. The minimum Gasteiger partial charge on any atom is -0.493 e. The highest BCUT2D eigenvalue weighted by atomic mass is 35.5. The molecule has 4 aromatic rings. The summed E-state index contributed by atoms with van der Waals surface area (Å²) in [5, 5.41) is 13.3. The summed E-state index contributed by atoms with van der Waals surface area (Å²) in [6.07, 6.45) is 1.87. The van der Waals surface area contributed by atoms with Gasteiger partial charge in [0.1, 0.15) is 0 Å². The second-order valence-electron chi connectivity index (χ2n) is 8.20. The molecular weight excluding hydrogens is 508 g/mol. The van der Waals surface area contributed by atoms with Crippen LogP contribution < -0.4 is 14.8 Å². The molecule has 3 aromatic carbocycles. The summed E-state index contributed by atoms with van der Waals surface area (Å²) < 4.78 is 12.6. The number of rotatable bonds is 12. The van der Waals surface area contributed by atoms with E-state index in [-0.39, 0.29) is 5.91 Å². The van der Waals surface area contributed by atoms with Crippen LogP contribution >= 0.6 is 23.4 Å². The maximum atomic E-state index is 12.4. The average molecular weight is 537 g/mol. The van der Waals surface area contributed by atoms with Gasteiger partial charge in [-0.15, -0.1) is 10.2 Å². The van der Waals surface area contributed by atoms with Crippen LogP contribution in [-0.4, -0.2) is 47.2 Å². The number of nitrogens with zero attached hydrogens (tertiary/aromatic N) is 3. The van der Waals surface area contributed by atoms with Crippen LogP contribution in [0.1, 0.15) is 18.4 Å². The number of hydrogen-bond acceptors (Lipinski definition) is 6. The summed E-state index contributed by atoms with van der Waals surface area (Å²) in [5.41, 5.74) is 2.85. The van der Waals surface area contributed by atoms with Crippen molar-refractivity contribution in [3.8, 4) is 28.6 Å². The molecule has 0 saturated heterocycles. The Hall–Kier alpha value is -3.49. The summed E-state index contributed by atoms with van der Waals surface area (Å²) in [4.78, 5) is 12.4. The molecule has 1 aromatic heterocycles. The van der Waals surface area contributed by atoms with Gasteiger partial charge in [0.2, 0.25) is 5.91 Å². The van der Waals surface area contributed by atoms with Crippen LogP contribution in [0.2, 0.25) is 5.02 Å². The van der Waals surface area contributed by atoms with E-state index in [1.807, 2.05) is 77.4 Å². The monoisotopic (exact) mass is 536 g/mol. The van der Waals surface area contributed by atoms with Crippen LogP contribution in [0, 0.1) is 0 Å². The van der Waals surface area contributed by atoms with E-state index in [4.69, 9.17) is 21.1 Å². The highest BCUT2D eigenvalue weighted by Gasteiger charge is 2.18. The predicted molar refractivity (Wildman–Crippen MR) is 148 cm³/mol.